The second-order valence-corrected chi connectivity index (χ2v) is 6.66. The SMILES string of the molecule is COc1ccc(C(=O)NCc2cc(C3CC3)on2)cc1N1CCOCC1. The quantitative estimate of drug-likeness (QED) is 0.855. The lowest BCUT2D eigenvalue weighted by atomic mass is 10.1. The van der Waals surface area contributed by atoms with Gasteiger partial charge >= 0.3 is 0 Å². The van der Waals surface area contributed by atoms with Crippen molar-refractivity contribution in [1.82, 2.24) is 10.5 Å². The van der Waals surface area contributed by atoms with Crippen molar-refractivity contribution in [2.75, 3.05) is 38.3 Å². The van der Waals surface area contributed by atoms with E-state index in [2.05, 4.69) is 15.4 Å². The molecule has 1 amide bonds. The molecule has 7 heteroatoms. The minimum Gasteiger partial charge on any atom is -0.495 e. The average molecular weight is 357 g/mol. The van der Waals surface area contributed by atoms with Crippen molar-refractivity contribution in [1.29, 1.82) is 0 Å². The Labute approximate surface area is 152 Å². The number of amides is 1. The molecule has 0 spiro atoms. The Morgan fingerprint density at radius 1 is 1.31 bits per heavy atom. The van der Waals surface area contributed by atoms with Gasteiger partial charge in [-0.2, -0.15) is 0 Å². The Morgan fingerprint density at radius 2 is 2.12 bits per heavy atom. The highest BCUT2D eigenvalue weighted by atomic mass is 16.5. The normalized spacial score (nSPS) is 17.2. The first-order chi connectivity index (χ1) is 12.7. The van der Waals surface area contributed by atoms with Crippen LogP contribution in [0.1, 0.15) is 40.6 Å². The molecule has 0 atom stereocenters. The number of morpholine rings is 1. The molecule has 0 bridgehead atoms. The van der Waals surface area contributed by atoms with Crippen LogP contribution in [-0.4, -0.2) is 44.5 Å². The van der Waals surface area contributed by atoms with E-state index in [0.29, 0.717) is 31.2 Å². The number of nitrogens with zero attached hydrogens (tertiary/aromatic N) is 2. The first-order valence-electron chi connectivity index (χ1n) is 8.99. The van der Waals surface area contributed by atoms with Gasteiger partial charge in [0.15, 0.2) is 0 Å². The molecule has 1 aliphatic carbocycles. The number of nitrogens with one attached hydrogen (secondary N) is 1. The van der Waals surface area contributed by atoms with Crippen LogP contribution in [0.4, 0.5) is 5.69 Å². The van der Waals surface area contributed by atoms with Crippen molar-refractivity contribution >= 4 is 11.6 Å². The van der Waals surface area contributed by atoms with Gasteiger partial charge in [0.1, 0.15) is 17.2 Å². The number of rotatable bonds is 6. The lowest BCUT2D eigenvalue weighted by molar-refractivity contribution is 0.0950. The molecule has 1 aromatic carbocycles. The van der Waals surface area contributed by atoms with Crippen LogP contribution in [0.15, 0.2) is 28.8 Å². The third-order valence-electron chi connectivity index (χ3n) is 4.78. The zero-order valence-electron chi connectivity index (χ0n) is 14.9. The third-order valence-corrected chi connectivity index (χ3v) is 4.78. The summed E-state index contributed by atoms with van der Waals surface area (Å²) in [6.45, 7) is 3.27. The minimum atomic E-state index is -0.141. The molecule has 1 aliphatic heterocycles. The van der Waals surface area contributed by atoms with Gasteiger partial charge in [0.2, 0.25) is 0 Å². The van der Waals surface area contributed by atoms with Crippen LogP contribution in [0.5, 0.6) is 5.75 Å². The van der Waals surface area contributed by atoms with Gasteiger partial charge in [0, 0.05) is 30.6 Å². The number of hydrogen-bond donors (Lipinski definition) is 1. The fraction of sp³-hybridized carbons (Fsp3) is 0.474. The Hall–Kier alpha value is -2.54. The highest BCUT2D eigenvalue weighted by Gasteiger charge is 2.27. The second-order valence-electron chi connectivity index (χ2n) is 6.66. The van der Waals surface area contributed by atoms with Crippen LogP contribution >= 0.6 is 0 Å². The maximum Gasteiger partial charge on any atom is 0.251 e. The van der Waals surface area contributed by atoms with Crippen LogP contribution in [0, 0.1) is 0 Å². The molecule has 7 nitrogen and oxygen atoms in total. The second kappa shape index (κ2) is 7.37. The fourth-order valence-corrected chi connectivity index (χ4v) is 3.13. The van der Waals surface area contributed by atoms with Crippen molar-refractivity contribution in [3.63, 3.8) is 0 Å². The monoisotopic (exact) mass is 357 g/mol. The molecule has 138 valence electrons. The number of ether oxygens (including phenoxy) is 2. The summed E-state index contributed by atoms with van der Waals surface area (Å²) in [4.78, 5) is 14.7. The maximum atomic E-state index is 12.6. The summed E-state index contributed by atoms with van der Waals surface area (Å²) in [5.74, 6) is 2.06. The van der Waals surface area contributed by atoms with Crippen molar-refractivity contribution < 1.29 is 18.8 Å². The number of benzene rings is 1. The summed E-state index contributed by atoms with van der Waals surface area (Å²) in [6.07, 6.45) is 2.33. The lowest BCUT2D eigenvalue weighted by Crippen LogP contribution is -2.36. The van der Waals surface area contributed by atoms with Gasteiger partial charge in [-0.1, -0.05) is 5.16 Å². The van der Waals surface area contributed by atoms with E-state index >= 15 is 0 Å². The first-order valence-corrected chi connectivity index (χ1v) is 8.99. The van der Waals surface area contributed by atoms with E-state index in [0.717, 1.165) is 48.8 Å². The van der Waals surface area contributed by atoms with Crippen molar-refractivity contribution in [3.8, 4) is 5.75 Å². The molecule has 26 heavy (non-hydrogen) atoms. The highest BCUT2D eigenvalue weighted by molar-refractivity contribution is 5.95. The Bertz CT molecular complexity index is 779. The number of aromatic nitrogens is 1. The van der Waals surface area contributed by atoms with E-state index in [1.165, 1.54) is 0 Å². The topological polar surface area (TPSA) is 76.8 Å². The molecule has 1 N–H and O–H groups in total. The summed E-state index contributed by atoms with van der Waals surface area (Å²) < 4.78 is 16.2. The van der Waals surface area contributed by atoms with Crippen LogP contribution in [0.2, 0.25) is 0 Å². The van der Waals surface area contributed by atoms with Crippen molar-refractivity contribution in [3.05, 3.63) is 41.3 Å². The van der Waals surface area contributed by atoms with Gasteiger partial charge in [-0.3, -0.25) is 4.79 Å². The number of carbonyl (C=O) groups is 1. The van der Waals surface area contributed by atoms with Gasteiger partial charge in [-0.05, 0) is 31.0 Å². The summed E-state index contributed by atoms with van der Waals surface area (Å²) in [5, 5.41) is 6.94. The minimum absolute atomic E-state index is 0.141. The van der Waals surface area contributed by atoms with Crippen molar-refractivity contribution in [2.45, 2.75) is 25.3 Å². The van der Waals surface area contributed by atoms with Crippen LogP contribution in [0.3, 0.4) is 0 Å². The van der Waals surface area contributed by atoms with Crippen molar-refractivity contribution in [2.24, 2.45) is 0 Å². The molecule has 2 aliphatic rings. The maximum absolute atomic E-state index is 12.6. The summed E-state index contributed by atoms with van der Waals surface area (Å²) in [5.41, 5.74) is 2.27. The van der Waals surface area contributed by atoms with Gasteiger partial charge in [-0.15, -0.1) is 0 Å². The average Bonchev–Trinajstić information content (AvgIpc) is 3.44. The number of methoxy groups -OCH3 is 1. The standard InChI is InChI=1S/C19H23N3O4/c1-24-17-5-4-14(10-16(17)22-6-8-25-9-7-22)19(23)20-12-15-11-18(26-21-15)13-2-3-13/h4-5,10-11,13H,2-3,6-9,12H2,1H3,(H,20,23). The molecule has 0 unspecified atom stereocenters. The highest BCUT2D eigenvalue weighted by Crippen LogP contribution is 2.40. The van der Waals surface area contributed by atoms with Crippen LogP contribution < -0.4 is 15.0 Å². The van der Waals surface area contributed by atoms with E-state index in [9.17, 15) is 4.79 Å². The molecule has 1 saturated heterocycles. The molecular weight excluding hydrogens is 334 g/mol. The zero-order chi connectivity index (χ0) is 17.9. The fourth-order valence-electron chi connectivity index (χ4n) is 3.13. The molecule has 0 radical (unpaired) electrons. The van der Waals surface area contributed by atoms with Gasteiger partial charge in [-0.25, -0.2) is 0 Å². The predicted octanol–water partition coefficient (Wildman–Crippen LogP) is 2.33. The molecule has 1 saturated carbocycles. The van der Waals surface area contributed by atoms with E-state index in [1.807, 2.05) is 18.2 Å². The molecule has 2 aromatic rings. The number of anilines is 1. The third kappa shape index (κ3) is 3.67. The van der Waals surface area contributed by atoms with Crippen LogP contribution in [-0.2, 0) is 11.3 Å². The van der Waals surface area contributed by atoms with E-state index in [4.69, 9.17) is 14.0 Å². The summed E-state index contributed by atoms with van der Waals surface area (Å²) in [6, 6.07) is 7.42. The Morgan fingerprint density at radius 3 is 2.85 bits per heavy atom. The van der Waals surface area contributed by atoms with Gasteiger partial charge in [0.25, 0.3) is 5.91 Å². The van der Waals surface area contributed by atoms with Crippen LogP contribution in [0.25, 0.3) is 0 Å². The predicted molar refractivity (Wildman–Crippen MR) is 95.7 cm³/mol. The Kier molecular flexibility index (Phi) is 4.79. The largest absolute Gasteiger partial charge is 0.495 e. The number of hydrogen-bond acceptors (Lipinski definition) is 6. The number of carbonyl (C=O) groups excluding carboxylic acids is 1. The summed E-state index contributed by atoms with van der Waals surface area (Å²) >= 11 is 0. The lowest BCUT2D eigenvalue weighted by Gasteiger charge is -2.30. The van der Waals surface area contributed by atoms with E-state index < -0.39 is 0 Å². The molecule has 1 aromatic heterocycles. The smallest absolute Gasteiger partial charge is 0.251 e. The first kappa shape index (κ1) is 16.9. The van der Waals surface area contributed by atoms with E-state index in [1.54, 1.807) is 13.2 Å². The van der Waals surface area contributed by atoms with Gasteiger partial charge < -0.3 is 24.2 Å². The molecule has 2 fully saturated rings. The molecule has 4 rings (SSSR count). The Balaban J connectivity index is 1.44. The van der Waals surface area contributed by atoms with Gasteiger partial charge in [0.05, 0.1) is 32.6 Å². The van der Waals surface area contributed by atoms with E-state index in [-0.39, 0.29) is 5.91 Å². The molecular formula is C19H23N3O4. The molecule has 2 heterocycles. The summed E-state index contributed by atoms with van der Waals surface area (Å²) in [7, 11) is 1.64. The zero-order valence-corrected chi connectivity index (χ0v) is 14.9.